The maximum absolute atomic E-state index is 13.5. The lowest BCUT2D eigenvalue weighted by Crippen LogP contribution is -2.31. The second kappa shape index (κ2) is 7.66. The Balaban J connectivity index is 1.86. The van der Waals surface area contributed by atoms with Crippen LogP contribution in [0, 0.1) is 12.7 Å². The van der Waals surface area contributed by atoms with Gasteiger partial charge in [0.15, 0.2) is 5.78 Å². The van der Waals surface area contributed by atoms with E-state index in [2.05, 4.69) is 4.90 Å². The monoisotopic (exact) mass is 293 g/mol. The summed E-state index contributed by atoms with van der Waals surface area (Å²) < 4.78 is 13.5. The molecular weight excluding hydrogens is 269 g/mol. The normalized spacial score (nSPS) is 19.1. The summed E-state index contributed by atoms with van der Waals surface area (Å²) in [4.78, 5) is 14.5. The molecule has 21 heavy (non-hydrogen) atoms. The van der Waals surface area contributed by atoms with Crippen molar-refractivity contribution in [3.05, 3.63) is 35.1 Å². The van der Waals surface area contributed by atoms with Gasteiger partial charge in [-0.3, -0.25) is 9.69 Å². The van der Waals surface area contributed by atoms with Crippen LogP contribution >= 0.6 is 0 Å². The van der Waals surface area contributed by atoms with Gasteiger partial charge >= 0.3 is 0 Å². The number of likely N-dealkylation sites (tertiary alicyclic amines) is 1. The number of nitrogens with zero attached hydrogens (tertiary/aromatic N) is 1. The van der Waals surface area contributed by atoms with E-state index in [1.807, 2.05) is 0 Å². The third kappa shape index (κ3) is 4.35. The van der Waals surface area contributed by atoms with Gasteiger partial charge in [-0.15, -0.1) is 0 Å². The zero-order valence-corrected chi connectivity index (χ0v) is 12.6. The Kier molecular flexibility index (Phi) is 5.88. The van der Waals surface area contributed by atoms with Crippen LogP contribution < -0.4 is 0 Å². The number of carbonyl (C=O) groups is 1. The Bertz CT molecular complexity index is 490. The molecule has 1 atom stereocenters. The summed E-state index contributed by atoms with van der Waals surface area (Å²) in [6.07, 6.45) is 4.54. The first kappa shape index (κ1) is 16.1. The van der Waals surface area contributed by atoms with E-state index < -0.39 is 0 Å². The molecule has 4 heteroatoms. The molecule has 0 aliphatic carbocycles. The van der Waals surface area contributed by atoms with Crippen molar-refractivity contribution in [3.8, 4) is 0 Å². The Hall–Kier alpha value is -1.26. The number of hydrogen-bond donors (Lipinski definition) is 1. The highest BCUT2D eigenvalue weighted by molar-refractivity contribution is 5.96. The standard InChI is InChI=1S/C17H24FNO2/c1-13-6-7-14(12-16(13)18)17(21)8-10-19-9-2-4-15(19)5-3-11-20/h6-7,12,15,20H,2-5,8-11H2,1H3. The van der Waals surface area contributed by atoms with E-state index in [9.17, 15) is 9.18 Å². The molecular formula is C17H24FNO2. The highest BCUT2D eigenvalue weighted by Gasteiger charge is 2.24. The number of aliphatic hydroxyl groups is 1. The van der Waals surface area contributed by atoms with Crippen molar-refractivity contribution in [1.82, 2.24) is 4.90 Å². The average molecular weight is 293 g/mol. The maximum atomic E-state index is 13.5. The molecule has 116 valence electrons. The maximum Gasteiger partial charge on any atom is 0.164 e. The van der Waals surface area contributed by atoms with Crippen molar-refractivity contribution in [2.75, 3.05) is 19.7 Å². The van der Waals surface area contributed by atoms with E-state index in [-0.39, 0.29) is 18.2 Å². The van der Waals surface area contributed by atoms with Crippen LogP contribution in [0.1, 0.15) is 48.0 Å². The van der Waals surface area contributed by atoms with E-state index in [1.165, 1.54) is 6.07 Å². The fourth-order valence-electron chi connectivity index (χ4n) is 3.00. The SMILES string of the molecule is Cc1ccc(C(=O)CCN2CCCC2CCCO)cc1F. The number of rotatable bonds is 7. The topological polar surface area (TPSA) is 40.5 Å². The number of benzene rings is 1. The molecule has 1 N–H and O–H groups in total. The van der Waals surface area contributed by atoms with E-state index in [0.29, 0.717) is 23.6 Å². The summed E-state index contributed by atoms with van der Waals surface area (Å²) in [5.74, 6) is -0.315. The Labute approximate surface area is 125 Å². The molecule has 0 amide bonds. The molecule has 3 nitrogen and oxygen atoms in total. The van der Waals surface area contributed by atoms with Gasteiger partial charge in [0, 0.05) is 31.2 Å². The lowest BCUT2D eigenvalue weighted by atomic mass is 10.0. The van der Waals surface area contributed by atoms with Gasteiger partial charge in [-0.1, -0.05) is 12.1 Å². The van der Waals surface area contributed by atoms with Gasteiger partial charge in [-0.25, -0.2) is 4.39 Å². The number of carbonyl (C=O) groups excluding carboxylic acids is 1. The minimum atomic E-state index is -0.317. The van der Waals surface area contributed by atoms with Crippen molar-refractivity contribution >= 4 is 5.78 Å². The van der Waals surface area contributed by atoms with Gasteiger partial charge < -0.3 is 5.11 Å². The van der Waals surface area contributed by atoms with Crippen LogP contribution in [0.5, 0.6) is 0 Å². The summed E-state index contributed by atoms with van der Waals surface area (Å²) >= 11 is 0. The molecule has 0 radical (unpaired) electrons. The molecule has 1 fully saturated rings. The van der Waals surface area contributed by atoms with Gasteiger partial charge in [-0.05, 0) is 50.8 Å². The third-order valence-corrected chi connectivity index (χ3v) is 4.31. The van der Waals surface area contributed by atoms with Crippen LogP contribution in [0.15, 0.2) is 18.2 Å². The molecule has 0 bridgehead atoms. The molecule has 0 aromatic heterocycles. The van der Waals surface area contributed by atoms with E-state index >= 15 is 0 Å². The first-order chi connectivity index (χ1) is 10.1. The summed E-state index contributed by atoms with van der Waals surface area (Å²) in [7, 11) is 0. The molecule has 1 aromatic carbocycles. The van der Waals surface area contributed by atoms with Gasteiger partial charge in [0.25, 0.3) is 0 Å². The van der Waals surface area contributed by atoms with E-state index in [0.717, 1.165) is 38.8 Å². The lowest BCUT2D eigenvalue weighted by Gasteiger charge is -2.23. The number of aryl methyl sites for hydroxylation is 1. The molecule has 1 unspecified atom stereocenters. The predicted octanol–water partition coefficient (Wildman–Crippen LogP) is 2.94. The van der Waals surface area contributed by atoms with Crippen LogP contribution in [0.3, 0.4) is 0 Å². The molecule has 1 saturated heterocycles. The molecule has 1 aliphatic rings. The minimum absolute atomic E-state index is 0.00158. The number of ketones is 1. The molecule has 2 rings (SSSR count). The lowest BCUT2D eigenvalue weighted by molar-refractivity contribution is 0.0958. The first-order valence-corrected chi connectivity index (χ1v) is 7.76. The molecule has 1 aromatic rings. The van der Waals surface area contributed by atoms with Crippen LogP contribution in [-0.4, -0.2) is 41.5 Å². The minimum Gasteiger partial charge on any atom is -0.396 e. The predicted molar refractivity (Wildman–Crippen MR) is 81.0 cm³/mol. The van der Waals surface area contributed by atoms with Crippen LogP contribution in [-0.2, 0) is 0 Å². The number of Topliss-reactive ketones (excluding diaryl/α,β-unsaturated/α-hetero) is 1. The van der Waals surface area contributed by atoms with Crippen molar-refractivity contribution in [3.63, 3.8) is 0 Å². The largest absolute Gasteiger partial charge is 0.396 e. The smallest absolute Gasteiger partial charge is 0.164 e. The number of aliphatic hydroxyl groups excluding tert-OH is 1. The Morgan fingerprint density at radius 3 is 3.00 bits per heavy atom. The van der Waals surface area contributed by atoms with Crippen molar-refractivity contribution in [1.29, 1.82) is 0 Å². The first-order valence-electron chi connectivity index (χ1n) is 7.76. The third-order valence-electron chi connectivity index (χ3n) is 4.31. The number of halogens is 1. The average Bonchev–Trinajstić information content (AvgIpc) is 2.92. The van der Waals surface area contributed by atoms with Crippen molar-refractivity contribution < 1.29 is 14.3 Å². The van der Waals surface area contributed by atoms with Crippen molar-refractivity contribution in [2.45, 2.75) is 45.1 Å². The Morgan fingerprint density at radius 2 is 2.29 bits per heavy atom. The molecule has 0 spiro atoms. The zero-order valence-electron chi connectivity index (χ0n) is 12.6. The zero-order chi connectivity index (χ0) is 15.2. The van der Waals surface area contributed by atoms with Crippen LogP contribution in [0.25, 0.3) is 0 Å². The fourth-order valence-corrected chi connectivity index (χ4v) is 3.00. The van der Waals surface area contributed by atoms with Gasteiger partial charge in [0.2, 0.25) is 0 Å². The van der Waals surface area contributed by atoms with E-state index in [4.69, 9.17) is 5.11 Å². The van der Waals surface area contributed by atoms with Gasteiger partial charge in [0.1, 0.15) is 5.82 Å². The van der Waals surface area contributed by atoms with Crippen LogP contribution in [0.2, 0.25) is 0 Å². The van der Waals surface area contributed by atoms with Crippen LogP contribution in [0.4, 0.5) is 4.39 Å². The Morgan fingerprint density at radius 1 is 1.48 bits per heavy atom. The summed E-state index contributed by atoms with van der Waals surface area (Å²) in [5, 5.41) is 8.92. The fraction of sp³-hybridized carbons (Fsp3) is 0.588. The molecule has 1 heterocycles. The van der Waals surface area contributed by atoms with E-state index in [1.54, 1.807) is 19.1 Å². The second-order valence-electron chi connectivity index (χ2n) is 5.83. The van der Waals surface area contributed by atoms with Crippen molar-refractivity contribution in [2.24, 2.45) is 0 Å². The number of hydrogen-bond acceptors (Lipinski definition) is 3. The molecule has 0 saturated carbocycles. The quantitative estimate of drug-likeness (QED) is 0.786. The second-order valence-corrected chi connectivity index (χ2v) is 5.83. The summed E-state index contributed by atoms with van der Waals surface area (Å²) in [6, 6.07) is 5.18. The van der Waals surface area contributed by atoms with Gasteiger partial charge in [-0.2, -0.15) is 0 Å². The highest BCUT2D eigenvalue weighted by atomic mass is 19.1. The summed E-state index contributed by atoms with van der Waals surface area (Å²) in [5.41, 5.74) is 1.03. The van der Waals surface area contributed by atoms with Gasteiger partial charge in [0.05, 0.1) is 0 Å². The summed E-state index contributed by atoms with van der Waals surface area (Å²) in [6.45, 7) is 3.67. The highest BCUT2D eigenvalue weighted by Crippen LogP contribution is 2.22. The molecule has 1 aliphatic heterocycles.